The molecule has 1 amide bonds. The maximum absolute atomic E-state index is 13.1. The van der Waals surface area contributed by atoms with E-state index < -0.39 is 10.8 Å². The van der Waals surface area contributed by atoms with Crippen molar-refractivity contribution in [3.05, 3.63) is 106 Å². The highest BCUT2D eigenvalue weighted by Gasteiger charge is 2.36. The number of carbonyl (C=O) groups is 1. The molecule has 35 heavy (non-hydrogen) atoms. The normalized spacial score (nSPS) is 15.1. The number of hydrogen-bond acceptors (Lipinski definition) is 6. The number of aliphatic imine (C=N–C) groups is 1. The van der Waals surface area contributed by atoms with E-state index in [-0.39, 0.29) is 11.6 Å². The first-order valence-electron chi connectivity index (χ1n) is 11.0. The fourth-order valence-corrected chi connectivity index (χ4v) is 4.21. The third kappa shape index (κ3) is 4.20. The molecule has 1 aliphatic rings. The molecular weight excluding hydrogens is 444 g/mol. The van der Waals surface area contributed by atoms with Crippen LogP contribution in [0, 0.1) is 10.1 Å². The summed E-state index contributed by atoms with van der Waals surface area (Å²) in [6.07, 6.45) is 3.61. The van der Waals surface area contributed by atoms with Gasteiger partial charge in [0.1, 0.15) is 11.7 Å². The standard InChI is InChI=1S/C26H22N6O3/c1-31-13-12-28-25(31)18-6-8-19(9-7-18)29-24(17-4-2-16(15-27)3-5-17)23-21-14-20(32(34)35)10-11-22(21)30-26(23)33/h2-14,23H,15,27H2,1H3,(H,30,33). The van der Waals surface area contributed by atoms with Crippen LogP contribution in [0.2, 0.25) is 0 Å². The zero-order valence-electron chi connectivity index (χ0n) is 18.9. The third-order valence-corrected chi connectivity index (χ3v) is 6.03. The summed E-state index contributed by atoms with van der Waals surface area (Å²) in [5.74, 6) is -0.260. The van der Waals surface area contributed by atoms with Crippen LogP contribution in [0.15, 0.2) is 84.1 Å². The predicted molar refractivity (Wildman–Crippen MR) is 134 cm³/mol. The van der Waals surface area contributed by atoms with E-state index in [1.165, 1.54) is 12.1 Å². The molecule has 0 fully saturated rings. The quantitative estimate of drug-likeness (QED) is 0.249. The fourth-order valence-electron chi connectivity index (χ4n) is 4.21. The van der Waals surface area contributed by atoms with Gasteiger partial charge in [0, 0.05) is 54.9 Å². The number of benzene rings is 3. The molecule has 1 aromatic heterocycles. The average molecular weight is 467 g/mol. The lowest BCUT2D eigenvalue weighted by Crippen LogP contribution is -2.22. The number of nitrogens with zero attached hydrogens (tertiary/aromatic N) is 4. The van der Waals surface area contributed by atoms with Gasteiger partial charge in [0.2, 0.25) is 5.91 Å². The Bertz CT molecular complexity index is 1460. The molecule has 0 bridgehead atoms. The van der Waals surface area contributed by atoms with Crippen molar-refractivity contribution in [3.63, 3.8) is 0 Å². The molecule has 0 radical (unpaired) electrons. The van der Waals surface area contributed by atoms with Crippen molar-refractivity contribution in [3.8, 4) is 11.4 Å². The third-order valence-electron chi connectivity index (χ3n) is 6.03. The van der Waals surface area contributed by atoms with Gasteiger partial charge in [0.15, 0.2) is 0 Å². The highest BCUT2D eigenvalue weighted by molar-refractivity contribution is 6.24. The van der Waals surface area contributed by atoms with E-state index in [4.69, 9.17) is 10.7 Å². The van der Waals surface area contributed by atoms with Crippen molar-refractivity contribution in [2.24, 2.45) is 17.8 Å². The number of aromatic nitrogens is 2. The Hall–Kier alpha value is -4.63. The van der Waals surface area contributed by atoms with Crippen LogP contribution >= 0.6 is 0 Å². The van der Waals surface area contributed by atoms with E-state index in [2.05, 4.69) is 10.3 Å². The minimum Gasteiger partial charge on any atom is -0.334 e. The van der Waals surface area contributed by atoms with E-state index in [1.807, 2.05) is 66.3 Å². The molecule has 0 aliphatic carbocycles. The van der Waals surface area contributed by atoms with E-state index >= 15 is 0 Å². The summed E-state index contributed by atoms with van der Waals surface area (Å²) in [6, 6.07) is 19.4. The van der Waals surface area contributed by atoms with Crippen molar-refractivity contribution >= 4 is 28.7 Å². The first kappa shape index (κ1) is 22.2. The highest BCUT2D eigenvalue weighted by atomic mass is 16.6. The number of nitro benzene ring substituents is 1. The minimum atomic E-state index is -0.803. The maximum Gasteiger partial charge on any atom is 0.269 e. The predicted octanol–water partition coefficient (Wildman–Crippen LogP) is 4.31. The number of imidazole rings is 1. The van der Waals surface area contributed by atoms with Crippen molar-refractivity contribution in [1.29, 1.82) is 0 Å². The van der Waals surface area contributed by atoms with Crippen LogP contribution in [-0.2, 0) is 18.4 Å². The fraction of sp³-hybridized carbons (Fsp3) is 0.115. The molecule has 2 heterocycles. The summed E-state index contributed by atoms with van der Waals surface area (Å²) < 4.78 is 1.93. The van der Waals surface area contributed by atoms with Crippen LogP contribution < -0.4 is 11.1 Å². The van der Waals surface area contributed by atoms with E-state index in [9.17, 15) is 14.9 Å². The second-order valence-electron chi connectivity index (χ2n) is 8.26. The van der Waals surface area contributed by atoms with Crippen molar-refractivity contribution in [2.75, 3.05) is 5.32 Å². The molecule has 5 rings (SSSR count). The number of nitrogens with one attached hydrogen (secondary N) is 1. The highest BCUT2D eigenvalue weighted by Crippen LogP contribution is 2.38. The smallest absolute Gasteiger partial charge is 0.269 e. The number of amides is 1. The van der Waals surface area contributed by atoms with Crippen LogP contribution in [-0.4, -0.2) is 26.1 Å². The first-order chi connectivity index (χ1) is 16.9. The molecule has 3 N–H and O–H groups in total. The number of nitro groups is 1. The van der Waals surface area contributed by atoms with Gasteiger partial charge >= 0.3 is 0 Å². The van der Waals surface area contributed by atoms with Crippen LogP contribution in [0.1, 0.15) is 22.6 Å². The summed E-state index contributed by atoms with van der Waals surface area (Å²) in [7, 11) is 1.92. The summed E-state index contributed by atoms with van der Waals surface area (Å²) in [5.41, 5.74) is 10.5. The topological polar surface area (TPSA) is 128 Å². The van der Waals surface area contributed by atoms with E-state index in [0.717, 1.165) is 22.5 Å². The van der Waals surface area contributed by atoms with Crippen LogP contribution in [0.4, 0.5) is 17.1 Å². The van der Waals surface area contributed by atoms with Gasteiger partial charge in [0.05, 0.1) is 16.3 Å². The molecule has 0 saturated heterocycles. The Labute approximate surface area is 201 Å². The number of hydrogen-bond donors (Lipinski definition) is 2. The lowest BCUT2D eigenvalue weighted by atomic mass is 9.90. The number of anilines is 1. The number of aryl methyl sites for hydroxylation is 1. The molecule has 4 aromatic rings. The molecular formula is C26H22N6O3. The van der Waals surface area contributed by atoms with Gasteiger partial charge in [-0.1, -0.05) is 24.3 Å². The molecule has 1 atom stereocenters. The van der Waals surface area contributed by atoms with Crippen molar-refractivity contribution in [1.82, 2.24) is 9.55 Å². The molecule has 0 spiro atoms. The summed E-state index contributed by atoms with van der Waals surface area (Å²) in [6.45, 7) is 0.389. The number of nitrogens with two attached hydrogens (primary N) is 1. The molecule has 1 aliphatic heterocycles. The zero-order valence-corrected chi connectivity index (χ0v) is 18.9. The molecule has 9 nitrogen and oxygen atoms in total. The lowest BCUT2D eigenvalue weighted by Gasteiger charge is -2.14. The Morgan fingerprint density at radius 3 is 2.51 bits per heavy atom. The number of non-ortho nitro benzene ring substituents is 1. The Balaban J connectivity index is 1.61. The summed E-state index contributed by atoms with van der Waals surface area (Å²) >= 11 is 0. The summed E-state index contributed by atoms with van der Waals surface area (Å²) in [4.78, 5) is 33.3. The second-order valence-corrected chi connectivity index (χ2v) is 8.26. The first-order valence-corrected chi connectivity index (χ1v) is 11.0. The SMILES string of the molecule is Cn1ccnc1-c1ccc(N=C(c2ccc(CN)cc2)C2C(=O)Nc3ccc([N+](=O)[O-])cc32)cc1. The minimum absolute atomic E-state index is 0.0810. The summed E-state index contributed by atoms with van der Waals surface area (Å²) in [5, 5.41) is 14.2. The molecule has 1 unspecified atom stereocenters. The van der Waals surface area contributed by atoms with Gasteiger partial charge in [-0.3, -0.25) is 19.9 Å². The van der Waals surface area contributed by atoms with Gasteiger partial charge in [0.25, 0.3) is 5.69 Å². The zero-order chi connectivity index (χ0) is 24.5. The van der Waals surface area contributed by atoms with Gasteiger partial charge in [-0.15, -0.1) is 0 Å². The van der Waals surface area contributed by atoms with Gasteiger partial charge in [-0.25, -0.2) is 4.98 Å². The van der Waals surface area contributed by atoms with Crippen LogP contribution in [0.5, 0.6) is 0 Å². The molecule has 174 valence electrons. The van der Waals surface area contributed by atoms with Gasteiger partial charge in [-0.05, 0) is 41.5 Å². The maximum atomic E-state index is 13.1. The Morgan fingerprint density at radius 1 is 1.14 bits per heavy atom. The number of rotatable bonds is 6. The lowest BCUT2D eigenvalue weighted by molar-refractivity contribution is -0.384. The van der Waals surface area contributed by atoms with E-state index in [0.29, 0.717) is 29.2 Å². The molecule has 9 heteroatoms. The van der Waals surface area contributed by atoms with Crippen LogP contribution in [0.3, 0.4) is 0 Å². The monoisotopic (exact) mass is 466 g/mol. The largest absolute Gasteiger partial charge is 0.334 e. The van der Waals surface area contributed by atoms with E-state index in [1.54, 1.807) is 12.3 Å². The second kappa shape index (κ2) is 8.96. The number of fused-ring (bicyclic) bond motifs is 1. The van der Waals surface area contributed by atoms with Crippen molar-refractivity contribution in [2.45, 2.75) is 12.5 Å². The van der Waals surface area contributed by atoms with Gasteiger partial charge in [-0.2, -0.15) is 0 Å². The molecule has 0 saturated carbocycles. The van der Waals surface area contributed by atoms with Crippen LogP contribution in [0.25, 0.3) is 11.4 Å². The average Bonchev–Trinajstić information content (AvgIpc) is 3.44. The number of carbonyl (C=O) groups excluding carboxylic acids is 1. The Morgan fingerprint density at radius 2 is 1.89 bits per heavy atom. The van der Waals surface area contributed by atoms with Gasteiger partial charge < -0.3 is 15.6 Å². The Kier molecular flexibility index (Phi) is 5.68. The molecule has 3 aromatic carbocycles. The van der Waals surface area contributed by atoms with Crippen molar-refractivity contribution < 1.29 is 9.72 Å².